The van der Waals surface area contributed by atoms with Gasteiger partial charge in [-0.15, -0.1) is 0 Å². The fourth-order valence-corrected chi connectivity index (χ4v) is 3.12. The third-order valence-electron chi connectivity index (χ3n) is 3.37. The van der Waals surface area contributed by atoms with E-state index in [0.717, 1.165) is 10.4 Å². The molecule has 1 aromatic rings. The van der Waals surface area contributed by atoms with Crippen molar-refractivity contribution in [3.8, 4) is 0 Å². The summed E-state index contributed by atoms with van der Waals surface area (Å²) in [5, 5.41) is 20.0. The van der Waals surface area contributed by atoms with Crippen LogP contribution in [-0.4, -0.2) is 42.4 Å². The molecular weight excluding hydrogens is 284 g/mol. The molecule has 112 valence electrons. The Labute approximate surface area is 118 Å². The van der Waals surface area contributed by atoms with Gasteiger partial charge in [0.1, 0.15) is 0 Å². The number of hydrogen-bond acceptors (Lipinski definition) is 5. The maximum absolute atomic E-state index is 12.4. The van der Waals surface area contributed by atoms with Gasteiger partial charge in [0.05, 0.1) is 16.4 Å². The SMILES string of the molecule is Cc1cc(S(=O)(=O)N(C)C(C)CO)cc([N+](=O)[O-])c1C. The Morgan fingerprint density at radius 1 is 1.40 bits per heavy atom. The Morgan fingerprint density at radius 2 is 1.95 bits per heavy atom. The van der Waals surface area contributed by atoms with Gasteiger partial charge in [-0.25, -0.2) is 8.42 Å². The first kappa shape index (κ1) is 16.5. The quantitative estimate of drug-likeness (QED) is 0.651. The molecule has 20 heavy (non-hydrogen) atoms. The van der Waals surface area contributed by atoms with Crippen LogP contribution in [0.2, 0.25) is 0 Å². The van der Waals surface area contributed by atoms with Crippen molar-refractivity contribution in [1.29, 1.82) is 0 Å². The lowest BCUT2D eigenvalue weighted by Crippen LogP contribution is -2.37. The van der Waals surface area contributed by atoms with E-state index in [1.54, 1.807) is 20.8 Å². The van der Waals surface area contributed by atoms with E-state index < -0.39 is 21.0 Å². The first-order valence-corrected chi connectivity index (χ1v) is 7.41. The maximum Gasteiger partial charge on any atom is 0.273 e. The second-order valence-corrected chi connectivity index (χ2v) is 6.69. The number of aryl methyl sites for hydroxylation is 1. The molecule has 0 heterocycles. The Bertz CT molecular complexity index is 627. The molecule has 0 aliphatic rings. The van der Waals surface area contributed by atoms with E-state index in [-0.39, 0.29) is 17.2 Å². The highest BCUT2D eigenvalue weighted by Gasteiger charge is 2.28. The number of hydrogen-bond donors (Lipinski definition) is 1. The zero-order valence-electron chi connectivity index (χ0n) is 11.8. The third kappa shape index (κ3) is 2.97. The van der Waals surface area contributed by atoms with Crippen LogP contribution in [0.5, 0.6) is 0 Å². The number of aliphatic hydroxyl groups is 1. The fraction of sp³-hybridized carbons (Fsp3) is 0.500. The summed E-state index contributed by atoms with van der Waals surface area (Å²) in [4.78, 5) is 10.2. The molecule has 0 spiro atoms. The molecule has 0 saturated carbocycles. The molecule has 0 amide bonds. The van der Waals surface area contributed by atoms with Crippen LogP contribution in [0.15, 0.2) is 17.0 Å². The summed E-state index contributed by atoms with van der Waals surface area (Å²) in [5.41, 5.74) is 0.739. The van der Waals surface area contributed by atoms with Gasteiger partial charge in [-0.3, -0.25) is 10.1 Å². The number of nitro groups is 1. The first-order valence-electron chi connectivity index (χ1n) is 5.97. The predicted octanol–water partition coefficient (Wildman–Crippen LogP) is 1.21. The Kier molecular flexibility index (Phi) is 4.85. The topological polar surface area (TPSA) is 101 Å². The molecule has 0 aromatic heterocycles. The van der Waals surface area contributed by atoms with Crippen LogP contribution in [-0.2, 0) is 10.0 Å². The lowest BCUT2D eigenvalue weighted by molar-refractivity contribution is -0.385. The number of nitro benzene ring substituents is 1. The smallest absolute Gasteiger partial charge is 0.273 e. The van der Waals surface area contributed by atoms with Gasteiger partial charge in [-0.05, 0) is 32.4 Å². The lowest BCUT2D eigenvalue weighted by atomic mass is 10.1. The Hall–Kier alpha value is -1.51. The minimum Gasteiger partial charge on any atom is -0.395 e. The number of rotatable bonds is 5. The second-order valence-electron chi connectivity index (χ2n) is 4.69. The third-order valence-corrected chi connectivity index (χ3v) is 5.32. The predicted molar refractivity (Wildman–Crippen MR) is 74.1 cm³/mol. The lowest BCUT2D eigenvalue weighted by Gasteiger charge is -2.22. The zero-order chi connectivity index (χ0) is 15.7. The molecular formula is C12H18N2O5S. The molecule has 0 saturated heterocycles. The minimum absolute atomic E-state index is 0.143. The monoisotopic (exact) mass is 302 g/mol. The van der Waals surface area contributed by atoms with Crippen LogP contribution >= 0.6 is 0 Å². The molecule has 8 heteroatoms. The summed E-state index contributed by atoms with van der Waals surface area (Å²) in [6.45, 7) is 4.41. The van der Waals surface area contributed by atoms with Gasteiger partial charge in [-0.2, -0.15) is 4.31 Å². The van der Waals surface area contributed by atoms with Crippen LogP contribution in [0.4, 0.5) is 5.69 Å². The highest BCUT2D eigenvalue weighted by Crippen LogP contribution is 2.27. The van der Waals surface area contributed by atoms with Crippen LogP contribution in [0.1, 0.15) is 18.1 Å². The summed E-state index contributed by atoms with van der Waals surface area (Å²) in [6.07, 6.45) is 0. The van der Waals surface area contributed by atoms with Crippen molar-refractivity contribution in [1.82, 2.24) is 4.31 Å². The number of sulfonamides is 1. The Balaban J connectivity index is 3.44. The standard InChI is InChI=1S/C12H18N2O5S/c1-8-5-11(6-12(10(8)3)14(16)17)20(18,19)13(4)9(2)7-15/h5-6,9,15H,7H2,1-4H3. The van der Waals surface area contributed by atoms with E-state index in [2.05, 4.69) is 0 Å². The average Bonchev–Trinajstić information content (AvgIpc) is 2.39. The normalized spacial score (nSPS) is 13.5. The summed E-state index contributed by atoms with van der Waals surface area (Å²) in [6, 6.07) is 1.84. The molecule has 0 aliphatic heterocycles. The minimum atomic E-state index is -3.88. The average molecular weight is 302 g/mol. The number of likely N-dealkylation sites (N-methyl/N-ethyl adjacent to an activating group) is 1. The Morgan fingerprint density at radius 3 is 2.40 bits per heavy atom. The largest absolute Gasteiger partial charge is 0.395 e. The molecule has 1 rings (SSSR count). The van der Waals surface area contributed by atoms with E-state index in [9.17, 15) is 18.5 Å². The second kappa shape index (κ2) is 5.86. The van der Waals surface area contributed by atoms with Crippen molar-refractivity contribution in [3.63, 3.8) is 0 Å². The van der Waals surface area contributed by atoms with E-state index in [0.29, 0.717) is 11.1 Å². The van der Waals surface area contributed by atoms with Gasteiger partial charge in [-0.1, -0.05) is 0 Å². The van der Waals surface area contributed by atoms with Crippen molar-refractivity contribution < 1.29 is 18.4 Å². The van der Waals surface area contributed by atoms with Crippen molar-refractivity contribution in [2.75, 3.05) is 13.7 Å². The van der Waals surface area contributed by atoms with Crippen molar-refractivity contribution in [2.45, 2.75) is 31.7 Å². The molecule has 0 aliphatic carbocycles. The molecule has 1 atom stereocenters. The summed E-state index contributed by atoms with van der Waals surface area (Å²) in [5.74, 6) is 0. The fourth-order valence-electron chi connectivity index (χ4n) is 1.67. The summed E-state index contributed by atoms with van der Waals surface area (Å²) >= 11 is 0. The van der Waals surface area contributed by atoms with Crippen LogP contribution < -0.4 is 0 Å². The molecule has 1 N–H and O–H groups in total. The molecule has 1 aromatic carbocycles. The van der Waals surface area contributed by atoms with Crippen molar-refractivity contribution in [2.24, 2.45) is 0 Å². The van der Waals surface area contributed by atoms with Crippen molar-refractivity contribution >= 4 is 15.7 Å². The van der Waals surface area contributed by atoms with Crippen LogP contribution in [0.3, 0.4) is 0 Å². The van der Waals surface area contributed by atoms with E-state index in [4.69, 9.17) is 5.11 Å². The highest BCUT2D eigenvalue weighted by atomic mass is 32.2. The molecule has 0 fully saturated rings. The van der Waals surface area contributed by atoms with Gasteiger partial charge in [0, 0.05) is 24.7 Å². The maximum atomic E-state index is 12.4. The van der Waals surface area contributed by atoms with Crippen LogP contribution in [0.25, 0.3) is 0 Å². The first-order chi connectivity index (χ1) is 9.12. The van der Waals surface area contributed by atoms with Crippen molar-refractivity contribution in [3.05, 3.63) is 33.4 Å². The van der Waals surface area contributed by atoms with E-state index >= 15 is 0 Å². The summed E-state index contributed by atoms with van der Waals surface area (Å²) < 4.78 is 25.7. The van der Waals surface area contributed by atoms with Crippen LogP contribution in [0, 0.1) is 24.0 Å². The molecule has 0 radical (unpaired) electrons. The van der Waals surface area contributed by atoms with Gasteiger partial charge >= 0.3 is 0 Å². The van der Waals surface area contributed by atoms with Gasteiger partial charge < -0.3 is 5.11 Å². The number of benzene rings is 1. The van der Waals surface area contributed by atoms with Gasteiger partial charge in [0.2, 0.25) is 10.0 Å². The van der Waals surface area contributed by atoms with E-state index in [1.807, 2.05) is 0 Å². The zero-order valence-corrected chi connectivity index (χ0v) is 12.6. The highest BCUT2D eigenvalue weighted by molar-refractivity contribution is 7.89. The molecule has 0 bridgehead atoms. The number of nitrogens with zero attached hydrogens (tertiary/aromatic N) is 2. The van der Waals surface area contributed by atoms with Gasteiger partial charge in [0.15, 0.2) is 0 Å². The number of aliphatic hydroxyl groups excluding tert-OH is 1. The molecule has 7 nitrogen and oxygen atoms in total. The summed E-state index contributed by atoms with van der Waals surface area (Å²) in [7, 11) is -2.55. The van der Waals surface area contributed by atoms with Gasteiger partial charge in [0.25, 0.3) is 5.69 Å². The molecule has 1 unspecified atom stereocenters. The van der Waals surface area contributed by atoms with E-state index in [1.165, 1.54) is 13.1 Å².